The van der Waals surface area contributed by atoms with Crippen LogP contribution in [0.15, 0.2) is 35.2 Å². The lowest BCUT2D eigenvalue weighted by atomic mass is 10.4. The second-order valence-corrected chi connectivity index (χ2v) is 2.14. The van der Waals surface area contributed by atoms with Crippen LogP contribution in [0.25, 0.3) is 0 Å². The highest BCUT2D eigenvalue weighted by atomic mass is 32.2. The summed E-state index contributed by atoms with van der Waals surface area (Å²) in [7, 11) is 1.33. The molecule has 0 nitrogen and oxygen atoms in total. The molecule has 2 heteroatoms. The van der Waals surface area contributed by atoms with Crippen LogP contribution in [0.1, 0.15) is 0 Å². The minimum Gasteiger partial charge on any atom is -0.189 e. The molecule has 0 bridgehead atoms. The van der Waals surface area contributed by atoms with E-state index in [1.165, 1.54) is 18.7 Å². The summed E-state index contributed by atoms with van der Waals surface area (Å²) in [5, 5.41) is 0. The van der Waals surface area contributed by atoms with Gasteiger partial charge in [0.25, 0.3) is 0 Å². The molecule has 0 spiro atoms. The maximum atomic E-state index is 6.78. The fraction of sp³-hybridized carbons (Fsp3) is 0. The SMILES string of the molecule is [3H][B]Sc1ccccc1. The van der Waals surface area contributed by atoms with Gasteiger partial charge in [-0.25, -0.2) is 0 Å². The molecule has 0 fully saturated rings. The molecule has 0 aromatic heterocycles. The zero-order valence-corrected chi connectivity index (χ0v) is 5.19. The third kappa shape index (κ3) is 1.30. The van der Waals surface area contributed by atoms with Gasteiger partial charge < -0.3 is 0 Å². The number of hydrogen-bond acceptors (Lipinski definition) is 1. The Balaban J connectivity index is 2.61. The molecule has 1 aromatic rings. The lowest BCUT2D eigenvalue weighted by Crippen LogP contribution is -1.63. The molecule has 0 aliphatic rings. The van der Waals surface area contributed by atoms with Gasteiger partial charge in [0.05, 0.1) is 0 Å². The summed E-state index contributed by atoms with van der Waals surface area (Å²) in [5.41, 5.74) is 0. The fourth-order valence-corrected chi connectivity index (χ4v) is 0.813. The van der Waals surface area contributed by atoms with Crippen LogP contribution in [0.4, 0.5) is 0 Å². The molecule has 0 atom stereocenters. The molecule has 0 aliphatic heterocycles. The van der Waals surface area contributed by atoms with E-state index in [-0.39, 0.29) is 0 Å². The van der Waals surface area contributed by atoms with E-state index in [1.807, 2.05) is 30.3 Å². The van der Waals surface area contributed by atoms with Crippen molar-refractivity contribution in [3.8, 4) is 0 Å². The smallest absolute Gasteiger partial charge is 0.177 e. The lowest BCUT2D eigenvalue weighted by Gasteiger charge is -1.89. The first-order valence-electron chi connectivity index (χ1n) is 2.93. The monoisotopic (exact) mass is 123 g/mol. The second kappa shape index (κ2) is 2.83. The van der Waals surface area contributed by atoms with Crippen molar-refractivity contribution >= 4 is 18.7 Å². The van der Waals surface area contributed by atoms with Gasteiger partial charge in [0.15, 0.2) is 7.09 Å². The maximum Gasteiger partial charge on any atom is 0.177 e. The Morgan fingerprint density at radius 1 is 1.38 bits per heavy atom. The van der Waals surface area contributed by atoms with Gasteiger partial charge in [-0.3, -0.25) is 0 Å². The van der Waals surface area contributed by atoms with Gasteiger partial charge in [-0.15, -0.1) is 0 Å². The third-order valence-electron chi connectivity index (χ3n) is 0.879. The molecule has 39 valence electrons. The van der Waals surface area contributed by atoms with Crippen LogP contribution in [0.2, 0.25) is 0 Å². The topological polar surface area (TPSA) is 0 Å². The maximum absolute atomic E-state index is 6.78. The molecular weight excluding hydrogens is 115 g/mol. The van der Waals surface area contributed by atoms with Crippen LogP contribution in [0.5, 0.6) is 0 Å². The van der Waals surface area contributed by atoms with Crippen LogP contribution in [-0.2, 0) is 0 Å². The molecule has 1 aromatic carbocycles. The van der Waals surface area contributed by atoms with Gasteiger partial charge in [-0.1, -0.05) is 18.2 Å². The summed E-state index contributed by atoms with van der Waals surface area (Å²) in [6, 6.07) is 9.86. The van der Waals surface area contributed by atoms with E-state index in [0.29, 0.717) is 0 Å². The van der Waals surface area contributed by atoms with Gasteiger partial charge in [0.1, 0.15) is 0 Å². The van der Waals surface area contributed by atoms with E-state index in [4.69, 9.17) is 1.34 Å². The highest BCUT2D eigenvalue weighted by molar-refractivity contribution is 8.19. The van der Waals surface area contributed by atoms with Gasteiger partial charge in [0.2, 0.25) is 0 Å². The Kier molecular flexibility index (Phi) is 1.59. The highest BCUT2D eigenvalue weighted by Gasteiger charge is 1.80. The Morgan fingerprint density at radius 3 is 2.75 bits per heavy atom. The molecule has 0 saturated heterocycles. The predicted molar refractivity (Wildman–Crippen MR) is 39.4 cm³/mol. The Hall–Kier alpha value is -0.365. The van der Waals surface area contributed by atoms with Crippen LogP contribution < -0.4 is 0 Å². The molecule has 1 rings (SSSR count). The average Bonchev–Trinajstić information content (AvgIpc) is 1.91. The van der Waals surface area contributed by atoms with E-state index in [2.05, 4.69) is 0 Å². The molecule has 0 heterocycles. The summed E-state index contributed by atoms with van der Waals surface area (Å²) in [5.74, 6) is 0. The first kappa shape index (κ1) is 4.51. The molecule has 0 amide bonds. The summed E-state index contributed by atoms with van der Waals surface area (Å²) >= 11 is 1.42. The highest BCUT2D eigenvalue weighted by Crippen LogP contribution is 2.10. The van der Waals surface area contributed by atoms with Gasteiger partial charge in [0, 0.05) is 0 Å². The van der Waals surface area contributed by atoms with E-state index < -0.39 is 0 Å². The molecule has 8 heavy (non-hydrogen) atoms. The number of rotatable bonds is 2. The van der Waals surface area contributed by atoms with E-state index >= 15 is 0 Å². The summed E-state index contributed by atoms with van der Waals surface area (Å²) < 4.78 is 6.78. The van der Waals surface area contributed by atoms with Crippen LogP contribution in [-0.4, -0.2) is 8.42 Å². The third-order valence-corrected chi connectivity index (χ3v) is 1.42. The first-order valence-corrected chi connectivity index (χ1v) is 3.23. The van der Waals surface area contributed by atoms with E-state index in [0.717, 1.165) is 4.90 Å². The Morgan fingerprint density at radius 2 is 2.12 bits per heavy atom. The molecule has 0 saturated carbocycles. The van der Waals surface area contributed by atoms with Gasteiger partial charge in [-0.05, 0) is 18.4 Å². The molecule has 0 aliphatic carbocycles. The van der Waals surface area contributed by atoms with Crippen molar-refractivity contribution in [2.75, 3.05) is 0 Å². The predicted octanol–water partition coefficient (Wildman–Crippen LogP) is 1.59. The zero-order valence-electron chi connectivity index (χ0n) is 5.37. The van der Waals surface area contributed by atoms with Crippen molar-refractivity contribution in [2.45, 2.75) is 4.90 Å². The van der Waals surface area contributed by atoms with Crippen molar-refractivity contribution in [3.63, 3.8) is 0 Å². The normalized spacial score (nSPS) is 10.2. The minimum absolute atomic E-state index is 1.12. The van der Waals surface area contributed by atoms with Crippen molar-refractivity contribution in [1.29, 1.82) is 1.34 Å². The zero-order chi connectivity index (χ0) is 6.53. The molecule has 0 unspecified atom stereocenters. The van der Waals surface area contributed by atoms with E-state index in [9.17, 15) is 0 Å². The largest absolute Gasteiger partial charge is 0.189 e. The Labute approximate surface area is 56.0 Å². The standard InChI is InChI=1S/C6H6BS/c7-8-6-4-2-1-3-5-6/h1-5,7H/i7T. The molecular formula is C6H6BS. The summed E-state index contributed by atoms with van der Waals surface area (Å²) in [6.45, 7) is 0. The molecule has 1 radical (unpaired) electrons. The van der Waals surface area contributed by atoms with Crippen molar-refractivity contribution in [3.05, 3.63) is 30.3 Å². The quantitative estimate of drug-likeness (QED) is 0.538. The number of benzene rings is 1. The summed E-state index contributed by atoms with van der Waals surface area (Å²) in [4.78, 5) is 1.12. The van der Waals surface area contributed by atoms with Gasteiger partial charge in [-0.2, -0.15) is 11.6 Å². The van der Waals surface area contributed by atoms with Crippen LogP contribution in [0, 0.1) is 0 Å². The summed E-state index contributed by atoms with van der Waals surface area (Å²) in [6.07, 6.45) is 0. The van der Waals surface area contributed by atoms with E-state index in [1.54, 1.807) is 0 Å². The van der Waals surface area contributed by atoms with Crippen molar-refractivity contribution in [2.24, 2.45) is 0 Å². The van der Waals surface area contributed by atoms with Crippen molar-refractivity contribution < 1.29 is 0 Å². The fourth-order valence-electron chi connectivity index (χ4n) is 0.499. The average molecular weight is 123 g/mol. The second-order valence-electron chi connectivity index (χ2n) is 1.43. The number of hydrogen-bond donors (Lipinski definition) is 0. The molecule has 0 N–H and O–H groups in total. The van der Waals surface area contributed by atoms with Crippen LogP contribution >= 0.6 is 11.6 Å². The Bertz CT molecular complexity index is 166. The lowest BCUT2D eigenvalue weighted by molar-refractivity contribution is 1.48. The first-order chi connectivity index (χ1) is 4.43. The van der Waals surface area contributed by atoms with Crippen molar-refractivity contribution in [1.82, 2.24) is 0 Å². The minimum atomic E-state index is 1.12. The van der Waals surface area contributed by atoms with Crippen LogP contribution in [0.3, 0.4) is 0 Å². The van der Waals surface area contributed by atoms with Gasteiger partial charge >= 0.3 is 0 Å².